The average molecular weight is 409 g/mol. The highest BCUT2D eigenvalue weighted by Gasteiger charge is 2.19. The summed E-state index contributed by atoms with van der Waals surface area (Å²) in [5.41, 5.74) is 2.89. The predicted molar refractivity (Wildman–Crippen MR) is 113 cm³/mol. The lowest BCUT2D eigenvalue weighted by Crippen LogP contribution is -2.17. The molecule has 0 bridgehead atoms. The third-order valence-corrected chi connectivity index (χ3v) is 5.30. The fourth-order valence-corrected chi connectivity index (χ4v) is 3.43. The van der Waals surface area contributed by atoms with E-state index in [4.69, 9.17) is 4.74 Å². The van der Waals surface area contributed by atoms with Crippen molar-refractivity contribution in [3.8, 4) is 11.5 Å². The molecule has 0 atom stereocenters. The van der Waals surface area contributed by atoms with E-state index in [-0.39, 0.29) is 5.41 Å². The maximum Gasteiger partial charge on any atom is 0.127 e. The van der Waals surface area contributed by atoms with Crippen molar-refractivity contribution in [1.82, 2.24) is 0 Å². The van der Waals surface area contributed by atoms with E-state index in [9.17, 15) is 0 Å². The van der Waals surface area contributed by atoms with Crippen LogP contribution >= 0.6 is 15.9 Å². The van der Waals surface area contributed by atoms with E-state index in [1.807, 2.05) is 36.4 Å². The molecule has 3 aromatic rings. The van der Waals surface area contributed by atoms with Gasteiger partial charge in [0.1, 0.15) is 11.5 Å². The molecular formula is C24H25BrO. The number of halogens is 1. The van der Waals surface area contributed by atoms with Gasteiger partial charge >= 0.3 is 0 Å². The molecule has 134 valence electrons. The molecule has 0 aliphatic carbocycles. The summed E-state index contributed by atoms with van der Waals surface area (Å²) in [5.74, 6) is 1.78. The largest absolute Gasteiger partial charge is 0.457 e. The molecule has 3 aromatic carbocycles. The number of benzene rings is 3. The maximum absolute atomic E-state index is 5.94. The van der Waals surface area contributed by atoms with Crippen molar-refractivity contribution >= 4 is 15.9 Å². The molecule has 1 nitrogen and oxygen atoms in total. The van der Waals surface area contributed by atoms with Crippen molar-refractivity contribution in [2.45, 2.75) is 38.5 Å². The Bertz CT molecular complexity index is 822. The van der Waals surface area contributed by atoms with Crippen LogP contribution in [0.4, 0.5) is 0 Å². The van der Waals surface area contributed by atoms with E-state index < -0.39 is 0 Å². The second-order valence-corrected chi connectivity index (χ2v) is 8.22. The normalized spacial score (nSPS) is 11.3. The molecule has 26 heavy (non-hydrogen) atoms. The molecule has 0 saturated heterocycles. The van der Waals surface area contributed by atoms with Gasteiger partial charge in [0.05, 0.1) is 0 Å². The molecule has 0 aliphatic heterocycles. The zero-order chi connectivity index (χ0) is 18.4. The minimum absolute atomic E-state index is 0.179. The van der Waals surface area contributed by atoms with Crippen molar-refractivity contribution in [2.75, 3.05) is 0 Å². The lowest BCUT2D eigenvalue weighted by atomic mass is 9.80. The molecule has 0 aliphatic rings. The van der Waals surface area contributed by atoms with E-state index in [1.165, 1.54) is 11.1 Å². The topological polar surface area (TPSA) is 9.23 Å². The third kappa shape index (κ3) is 5.22. The van der Waals surface area contributed by atoms with Crippen molar-refractivity contribution in [1.29, 1.82) is 0 Å². The summed E-state index contributed by atoms with van der Waals surface area (Å²) in [5, 5.41) is 0. The van der Waals surface area contributed by atoms with E-state index in [0.717, 1.165) is 35.2 Å². The van der Waals surface area contributed by atoms with Crippen LogP contribution in [-0.2, 0) is 11.8 Å². The van der Waals surface area contributed by atoms with Crippen LogP contribution in [0, 0.1) is 0 Å². The Balaban J connectivity index is 1.58. The molecule has 0 saturated carbocycles. The summed E-state index contributed by atoms with van der Waals surface area (Å²) < 4.78 is 7.07. The van der Waals surface area contributed by atoms with E-state index in [0.29, 0.717) is 0 Å². The summed E-state index contributed by atoms with van der Waals surface area (Å²) in [6.45, 7) is 4.65. The van der Waals surface area contributed by atoms with Crippen LogP contribution in [-0.4, -0.2) is 0 Å². The van der Waals surface area contributed by atoms with Gasteiger partial charge < -0.3 is 4.74 Å². The van der Waals surface area contributed by atoms with Gasteiger partial charge in [0.25, 0.3) is 0 Å². The molecular weight excluding hydrogens is 384 g/mol. The molecule has 0 spiro atoms. The Labute approximate surface area is 165 Å². The van der Waals surface area contributed by atoms with Crippen LogP contribution in [0.2, 0.25) is 0 Å². The zero-order valence-corrected chi connectivity index (χ0v) is 17.0. The second-order valence-electron chi connectivity index (χ2n) is 7.31. The van der Waals surface area contributed by atoms with Crippen molar-refractivity contribution in [2.24, 2.45) is 0 Å². The van der Waals surface area contributed by atoms with Gasteiger partial charge in [-0.05, 0) is 72.2 Å². The Kier molecular flexibility index (Phi) is 6.16. The summed E-state index contributed by atoms with van der Waals surface area (Å²) in [6.07, 6.45) is 3.36. The summed E-state index contributed by atoms with van der Waals surface area (Å²) in [6, 6.07) is 27.1. The molecule has 0 N–H and O–H groups in total. The first-order valence-corrected chi connectivity index (χ1v) is 9.90. The molecule has 3 rings (SSSR count). The minimum atomic E-state index is 0.179. The lowest BCUT2D eigenvalue weighted by molar-refractivity contribution is 0.460. The number of hydrogen-bond acceptors (Lipinski definition) is 1. The summed E-state index contributed by atoms with van der Waals surface area (Å²) in [4.78, 5) is 0. The van der Waals surface area contributed by atoms with Crippen LogP contribution < -0.4 is 4.74 Å². The Morgan fingerprint density at radius 2 is 1.50 bits per heavy atom. The smallest absolute Gasteiger partial charge is 0.127 e. The fourth-order valence-electron chi connectivity index (χ4n) is 3.17. The van der Waals surface area contributed by atoms with Crippen LogP contribution in [0.1, 0.15) is 37.8 Å². The molecule has 0 heterocycles. The molecule has 0 amide bonds. The molecule has 0 radical (unpaired) electrons. The highest BCUT2D eigenvalue weighted by Crippen LogP contribution is 2.30. The molecule has 2 heteroatoms. The van der Waals surface area contributed by atoms with Gasteiger partial charge in [0.15, 0.2) is 0 Å². The quantitative estimate of drug-likeness (QED) is 0.392. The minimum Gasteiger partial charge on any atom is -0.457 e. The van der Waals surface area contributed by atoms with Crippen molar-refractivity contribution < 1.29 is 4.74 Å². The summed E-state index contributed by atoms with van der Waals surface area (Å²) in [7, 11) is 0. The Morgan fingerprint density at radius 1 is 0.808 bits per heavy atom. The van der Waals surface area contributed by atoms with Gasteiger partial charge in [-0.15, -0.1) is 0 Å². The van der Waals surface area contributed by atoms with Crippen molar-refractivity contribution in [3.05, 3.63) is 94.5 Å². The fraction of sp³-hybridized carbons (Fsp3) is 0.250. The van der Waals surface area contributed by atoms with E-state index >= 15 is 0 Å². The second kappa shape index (κ2) is 8.55. The van der Waals surface area contributed by atoms with E-state index in [2.05, 4.69) is 72.2 Å². The highest BCUT2D eigenvalue weighted by atomic mass is 79.9. The number of aryl methyl sites for hydroxylation is 1. The van der Waals surface area contributed by atoms with Crippen molar-refractivity contribution in [3.63, 3.8) is 0 Å². The van der Waals surface area contributed by atoms with Crippen LogP contribution in [0.25, 0.3) is 0 Å². The van der Waals surface area contributed by atoms with Crippen LogP contribution in [0.15, 0.2) is 83.3 Å². The van der Waals surface area contributed by atoms with E-state index in [1.54, 1.807) is 0 Å². The lowest BCUT2D eigenvalue weighted by Gasteiger charge is -2.25. The number of para-hydroxylation sites is 1. The Hall–Kier alpha value is -2.06. The van der Waals surface area contributed by atoms with Gasteiger partial charge in [-0.2, -0.15) is 0 Å². The third-order valence-electron chi connectivity index (χ3n) is 4.77. The molecule has 0 aromatic heterocycles. The standard InChI is InChI=1S/C24H25BrO/c1-24(2,20-13-15-21(25)16-14-20)17-7-9-19-8-6-12-23(18-19)26-22-10-4-3-5-11-22/h3-6,8,10-16,18H,7,9,17H2,1-2H3. The van der Waals surface area contributed by atoms with Gasteiger partial charge in [0, 0.05) is 4.47 Å². The first kappa shape index (κ1) is 18.7. The number of ether oxygens (including phenoxy) is 1. The first-order valence-electron chi connectivity index (χ1n) is 9.11. The van der Waals surface area contributed by atoms with Crippen LogP contribution in [0.5, 0.6) is 11.5 Å². The molecule has 0 unspecified atom stereocenters. The summed E-state index contributed by atoms with van der Waals surface area (Å²) >= 11 is 3.51. The number of hydrogen-bond donors (Lipinski definition) is 0. The molecule has 0 fully saturated rings. The average Bonchev–Trinajstić information content (AvgIpc) is 2.63. The highest BCUT2D eigenvalue weighted by molar-refractivity contribution is 9.10. The zero-order valence-electron chi connectivity index (χ0n) is 15.4. The van der Waals surface area contributed by atoms with Gasteiger partial charge in [-0.3, -0.25) is 0 Å². The van der Waals surface area contributed by atoms with Crippen LogP contribution in [0.3, 0.4) is 0 Å². The maximum atomic E-state index is 5.94. The first-order chi connectivity index (χ1) is 12.5. The monoisotopic (exact) mass is 408 g/mol. The predicted octanol–water partition coefficient (Wildman–Crippen LogP) is 7.54. The number of rotatable bonds is 7. The van der Waals surface area contributed by atoms with Gasteiger partial charge in [-0.1, -0.05) is 72.2 Å². The Morgan fingerprint density at radius 3 is 2.23 bits per heavy atom. The van der Waals surface area contributed by atoms with Gasteiger partial charge in [0.2, 0.25) is 0 Å². The van der Waals surface area contributed by atoms with Gasteiger partial charge in [-0.25, -0.2) is 0 Å². The SMILES string of the molecule is CC(C)(CCCc1cccc(Oc2ccccc2)c1)c1ccc(Br)cc1.